The number of hydrogen-bond acceptors (Lipinski definition) is 9. The van der Waals surface area contributed by atoms with Gasteiger partial charge in [0.15, 0.2) is 0 Å². The third kappa shape index (κ3) is 5.92. The molecule has 3 aromatic rings. The molecule has 2 aliphatic rings. The Morgan fingerprint density at radius 2 is 1.98 bits per heavy atom. The lowest BCUT2D eigenvalue weighted by molar-refractivity contribution is -0.384. The van der Waals surface area contributed by atoms with E-state index < -0.39 is 47.2 Å². The second kappa shape index (κ2) is 12.8. The number of rotatable bonds is 11. The molecule has 0 bridgehead atoms. The van der Waals surface area contributed by atoms with Crippen LogP contribution in [-0.4, -0.2) is 49.8 Å². The zero-order valence-corrected chi connectivity index (χ0v) is 23.6. The summed E-state index contributed by atoms with van der Waals surface area (Å²) < 4.78 is 5.64. The number of nitro groups is 1. The number of amides is 2. The maximum atomic E-state index is 13.7. The lowest BCUT2D eigenvalue weighted by Crippen LogP contribution is -2.39. The molecule has 1 fully saturated rings. The molecule has 1 saturated heterocycles. The Hall–Kier alpha value is -4.45. The summed E-state index contributed by atoms with van der Waals surface area (Å²) in [5.74, 6) is -2.49. The first-order valence-corrected chi connectivity index (χ1v) is 14.2. The van der Waals surface area contributed by atoms with Gasteiger partial charge in [-0.25, -0.2) is 4.90 Å². The van der Waals surface area contributed by atoms with Crippen LogP contribution in [0.2, 0.25) is 0 Å². The molecule has 5 rings (SSSR count). The van der Waals surface area contributed by atoms with Crippen LogP contribution in [-0.2, 0) is 16.2 Å². The lowest BCUT2D eigenvalue weighted by atomic mass is 9.67. The van der Waals surface area contributed by atoms with Gasteiger partial charge < -0.3 is 19.7 Å². The molecule has 11 heteroatoms. The number of allylic oxidation sites excluding steroid dienone is 2. The number of furan rings is 1. The van der Waals surface area contributed by atoms with Crippen LogP contribution in [0.4, 0.5) is 11.4 Å². The van der Waals surface area contributed by atoms with Crippen molar-refractivity contribution in [3.8, 4) is 0 Å². The summed E-state index contributed by atoms with van der Waals surface area (Å²) in [6.45, 7) is 1.23. The van der Waals surface area contributed by atoms with E-state index in [9.17, 15) is 35.0 Å². The maximum Gasteiger partial charge on any atom is 0.271 e. The average Bonchev–Trinajstić information content (AvgIpc) is 3.59. The summed E-state index contributed by atoms with van der Waals surface area (Å²) >= 11 is 0. The smallest absolute Gasteiger partial charge is 0.271 e. The largest absolute Gasteiger partial charge is 0.459 e. The fraction of sp³-hybridized carbons (Fsp3) is 0.344. The summed E-state index contributed by atoms with van der Waals surface area (Å²) in [6.07, 6.45) is 3.85. The Morgan fingerprint density at radius 3 is 2.63 bits per heavy atom. The number of aromatic nitrogens is 1. The summed E-state index contributed by atoms with van der Waals surface area (Å²) in [4.78, 5) is 43.4. The van der Waals surface area contributed by atoms with Gasteiger partial charge in [0.05, 0.1) is 40.9 Å². The molecule has 3 heterocycles. The minimum Gasteiger partial charge on any atom is -0.459 e. The molecule has 1 aliphatic carbocycles. The number of aliphatic hydroxyl groups is 3. The normalized spacial score (nSPS) is 21.3. The van der Waals surface area contributed by atoms with E-state index in [1.165, 1.54) is 24.3 Å². The van der Waals surface area contributed by atoms with Crippen LogP contribution in [0.25, 0.3) is 11.6 Å². The first kappa shape index (κ1) is 30.0. The van der Waals surface area contributed by atoms with Gasteiger partial charge in [0, 0.05) is 24.2 Å². The van der Waals surface area contributed by atoms with Gasteiger partial charge in [-0.1, -0.05) is 24.6 Å². The molecule has 1 aromatic carbocycles. The molecule has 1 aliphatic heterocycles. The number of carbonyl (C=O) groups excluding carboxylic acids is 2. The minimum atomic E-state index is -1.01. The van der Waals surface area contributed by atoms with Gasteiger partial charge in [-0.2, -0.15) is 0 Å². The van der Waals surface area contributed by atoms with Crippen molar-refractivity contribution < 1.29 is 34.2 Å². The zero-order chi connectivity index (χ0) is 30.7. The Balaban J connectivity index is 1.42. The molecule has 3 N–H and O–H groups in total. The van der Waals surface area contributed by atoms with Gasteiger partial charge in [0.2, 0.25) is 11.8 Å². The fourth-order valence-electron chi connectivity index (χ4n) is 6.30. The van der Waals surface area contributed by atoms with Crippen LogP contribution in [0.5, 0.6) is 0 Å². The van der Waals surface area contributed by atoms with E-state index in [-0.39, 0.29) is 30.8 Å². The van der Waals surface area contributed by atoms with E-state index in [1.54, 1.807) is 30.5 Å². The van der Waals surface area contributed by atoms with Crippen molar-refractivity contribution in [2.24, 2.45) is 17.8 Å². The number of non-ortho nitro benzene ring substituents is 1. The molecule has 4 atom stereocenters. The number of pyridine rings is 1. The number of anilines is 1. The van der Waals surface area contributed by atoms with E-state index in [0.29, 0.717) is 35.6 Å². The minimum absolute atomic E-state index is 0.114. The van der Waals surface area contributed by atoms with Crippen LogP contribution in [0, 0.1) is 27.9 Å². The number of nitro benzene ring substituents is 1. The van der Waals surface area contributed by atoms with Gasteiger partial charge in [-0.05, 0) is 73.2 Å². The van der Waals surface area contributed by atoms with Crippen molar-refractivity contribution in [2.75, 3.05) is 11.5 Å². The molecule has 0 unspecified atom stereocenters. The van der Waals surface area contributed by atoms with Crippen LogP contribution in [0.15, 0.2) is 76.4 Å². The number of aliphatic hydroxyl groups excluding tert-OH is 3. The quantitative estimate of drug-likeness (QED) is 0.128. The summed E-state index contributed by atoms with van der Waals surface area (Å²) in [7, 11) is 0. The number of fused-ring (bicyclic) bond motifs is 1. The highest BCUT2D eigenvalue weighted by Gasteiger charge is 2.55. The van der Waals surface area contributed by atoms with Gasteiger partial charge >= 0.3 is 0 Å². The number of carbonyl (C=O) groups is 2. The summed E-state index contributed by atoms with van der Waals surface area (Å²) in [5.41, 5.74) is 2.73. The molecule has 0 spiro atoms. The Labute approximate surface area is 247 Å². The molecule has 0 saturated carbocycles. The number of nitrogens with zero attached hydrogens (tertiary/aromatic N) is 3. The molecule has 11 nitrogen and oxygen atoms in total. The topological polar surface area (TPSA) is 167 Å². The van der Waals surface area contributed by atoms with Crippen molar-refractivity contribution in [3.63, 3.8) is 0 Å². The molecule has 224 valence electrons. The average molecular weight is 588 g/mol. The van der Waals surface area contributed by atoms with Crippen LogP contribution < -0.4 is 4.90 Å². The van der Waals surface area contributed by atoms with Crippen LogP contribution in [0.1, 0.15) is 49.8 Å². The van der Waals surface area contributed by atoms with Gasteiger partial charge in [-0.15, -0.1) is 0 Å². The van der Waals surface area contributed by atoms with Gasteiger partial charge in [0.25, 0.3) is 5.69 Å². The second-order valence-corrected chi connectivity index (χ2v) is 10.7. The Morgan fingerprint density at radius 1 is 1.16 bits per heavy atom. The first-order chi connectivity index (χ1) is 20.8. The number of hydrogen-bond donors (Lipinski definition) is 3. The van der Waals surface area contributed by atoms with Crippen molar-refractivity contribution in [1.29, 1.82) is 0 Å². The van der Waals surface area contributed by atoms with Crippen molar-refractivity contribution in [3.05, 3.63) is 99.3 Å². The van der Waals surface area contributed by atoms with E-state index in [2.05, 4.69) is 4.98 Å². The van der Waals surface area contributed by atoms with Gasteiger partial charge in [-0.3, -0.25) is 24.7 Å². The molecular weight excluding hydrogens is 554 g/mol. The summed E-state index contributed by atoms with van der Waals surface area (Å²) in [5, 5.41) is 42.8. The predicted octanol–water partition coefficient (Wildman–Crippen LogP) is 4.28. The lowest BCUT2D eigenvalue weighted by Gasteiger charge is -2.36. The highest BCUT2D eigenvalue weighted by atomic mass is 16.6. The van der Waals surface area contributed by atoms with Crippen LogP contribution in [0.3, 0.4) is 0 Å². The second-order valence-electron chi connectivity index (χ2n) is 10.7. The van der Waals surface area contributed by atoms with Crippen LogP contribution >= 0.6 is 0 Å². The fourth-order valence-corrected chi connectivity index (χ4v) is 6.30. The highest BCUT2D eigenvalue weighted by Crippen LogP contribution is 2.48. The number of benzene rings is 1. The molecular formula is C32H33N3O8. The molecule has 43 heavy (non-hydrogen) atoms. The third-order valence-electron chi connectivity index (χ3n) is 8.30. The standard InChI is InChI=1S/C32H33N3O8/c1-2-19-15-25-30(32(40)34(31(25)39)21-6-5-7-22(16-21)35(41)42)26(18-37)29(19)28(38)12-9-20(27-8-3-4-13-33-27)14-23-10-11-24(17-36)43-23/h3-8,10-11,13-14,16,25-26,28,30,36-38H,2,9,12,15,17-18H2,1H3/b20-14-/t25-,26+,28-,30-/m1/s1. The molecule has 2 amide bonds. The van der Waals surface area contributed by atoms with Crippen molar-refractivity contribution in [2.45, 2.75) is 45.3 Å². The predicted molar refractivity (Wildman–Crippen MR) is 157 cm³/mol. The van der Waals surface area contributed by atoms with E-state index in [1.807, 2.05) is 19.1 Å². The van der Waals surface area contributed by atoms with Crippen molar-refractivity contribution in [1.82, 2.24) is 4.98 Å². The molecule has 0 radical (unpaired) electrons. The van der Waals surface area contributed by atoms with E-state index in [4.69, 9.17) is 4.42 Å². The molecule has 2 aromatic heterocycles. The highest BCUT2D eigenvalue weighted by molar-refractivity contribution is 6.22. The summed E-state index contributed by atoms with van der Waals surface area (Å²) in [6, 6.07) is 14.3. The van der Waals surface area contributed by atoms with E-state index >= 15 is 0 Å². The Kier molecular flexibility index (Phi) is 8.95. The SMILES string of the molecule is CCC1=C([C@H](O)CC/C(=C/c2ccc(CO)o2)c2ccccn2)[C@H](CO)[C@@H]2C(=O)N(c3cccc([N+](=O)[O-])c3)C(=O)[C@@H]2C1. The Bertz CT molecular complexity index is 1580. The monoisotopic (exact) mass is 587 g/mol. The zero-order valence-electron chi connectivity index (χ0n) is 23.6. The maximum absolute atomic E-state index is 13.7. The first-order valence-electron chi connectivity index (χ1n) is 14.2. The van der Waals surface area contributed by atoms with E-state index in [0.717, 1.165) is 16.0 Å². The third-order valence-corrected chi connectivity index (χ3v) is 8.30. The van der Waals surface area contributed by atoms with Gasteiger partial charge in [0.1, 0.15) is 18.1 Å². The van der Waals surface area contributed by atoms with Crippen molar-refractivity contribution >= 4 is 34.8 Å². The number of imide groups is 1.